The summed E-state index contributed by atoms with van der Waals surface area (Å²) < 4.78 is 13.6. The van der Waals surface area contributed by atoms with Gasteiger partial charge in [-0.1, -0.05) is 39.0 Å². The van der Waals surface area contributed by atoms with Crippen molar-refractivity contribution in [3.63, 3.8) is 0 Å². The Hall–Kier alpha value is -0.890. The molecule has 2 heteroatoms. The van der Waals surface area contributed by atoms with Gasteiger partial charge in [0.25, 0.3) is 0 Å². The quantitative estimate of drug-likeness (QED) is 0.712. The average Bonchev–Trinajstić information content (AvgIpc) is 2.33. The maximum absolute atomic E-state index is 13.6. The Bertz CT molecular complexity index is 337. The van der Waals surface area contributed by atoms with Crippen molar-refractivity contribution >= 4 is 0 Å². The maximum atomic E-state index is 13.6. The van der Waals surface area contributed by atoms with Gasteiger partial charge in [-0.25, -0.2) is 4.39 Å². The lowest BCUT2D eigenvalue weighted by atomic mass is 9.81. The summed E-state index contributed by atoms with van der Waals surface area (Å²) in [6.07, 6.45) is 2.99. The first kappa shape index (κ1) is 14.2. The van der Waals surface area contributed by atoms with Gasteiger partial charge in [0.05, 0.1) is 0 Å². The van der Waals surface area contributed by atoms with Gasteiger partial charge in [-0.05, 0) is 42.9 Å². The fraction of sp³-hybridized carbons (Fsp3) is 0.600. The van der Waals surface area contributed by atoms with Gasteiger partial charge in [0.15, 0.2) is 0 Å². The van der Waals surface area contributed by atoms with Crippen LogP contribution >= 0.6 is 0 Å². The normalized spacial score (nSPS) is 14.6. The molecule has 0 spiro atoms. The van der Waals surface area contributed by atoms with Crippen molar-refractivity contribution in [2.24, 2.45) is 5.41 Å². The molecule has 0 aliphatic heterocycles. The highest BCUT2D eigenvalue weighted by molar-refractivity contribution is 5.18. The SMILES string of the molecule is CCCNCC(C)(CC)Cc1ccccc1F. The molecule has 17 heavy (non-hydrogen) atoms. The third-order valence-electron chi connectivity index (χ3n) is 3.41. The minimum atomic E-state index is -0.0809. The van der Waals surface area contributed by atoms with Gasteiger partial charge in [-0.2, -0.15) is 0 Å². The Morgan fingerprint density at radius 3 is 2.53 bits per heavy atom. The highest BCUT2D eigenvalue weighted by Crippen LogP contribution is 2.26. The van der Waals surface area contributed by atoms with E-state index in [-0.39, 0.29) is 11.2 Å². The molecule has 0 saturated carbocycles. The number of halogens is 1. The van der Waals surface area contributed by atoms with Gasteiger partial charge in [0, 0.05) is 6.54 Å². The van der Waals surface area contributed by atoms with Gasteiger partial charge in [-0.3, -0.25) is 0 Å². The third-order valence-corrected chi connectivity index (χ3v) is 3.41. The van der Waals surface area contributed by atoms with Crippen LogP contribution in [0.3, 0.4) is 0 Å². The molecule has 0 amide bonds. The summed E-state index contributed by atoms with van der Waals surface area (Å²) in [7, 11) is 0. The van der Waals surface area contributed by atoms with Crippen LogP contribution in [0.1, 0.15) is 39.2 Å². The van der Waals surface area contributed by atoms with E-state index in [4.69, 9.17) is 0 Å². The molecule has 0 heterocycles. The fourth-order valence-electron chi connectivity index (χ4n) is 1.98. The molecule has 0 radical (unpaired) electrons. The summed E-state index contributed by atoms with van der Waals surface area (Å²) in [4.78, 5) is 0. The van der Waals surface area contributed by atoms with E-state index in [2.05, 4.69) is 26.1 Å². The van der Waals surface area contributed by atoms with Gasteiger partial charge in [0.2, 0.25) is 0 Å². The average molecular weight is 237 g/mol. The first-order valence-corrected chi connectivity index (χ1v) is 6.55. The molecule has 1 atom stereocenters. The van der Waals surface area contributed by atoms with Crippen LogP contribution in [0, 0.1) is 11.2 Å². The lowest BCUT2D eigenvalue weighted by Gasteiger charge is -2.29. The van der Waals surface area contributed by atoms with Gasteiger partial charge in [0.1, 0.15) is 5.82 Å². The second-order valence-corrected chi connectivity index (χ2v) is 5.11. The Labute approximate surface area is 104 Å². The van der Waals surface area contributed by atoms with E-state index < -0.39 is 0 Å². The second kappa shape index (κ2) is 6.75. The molecule has 0 fully saturated rings. The minimum absolute atomic E-state index is 0.0809. The molecular weight excluding hydrogens is 213 g/mol. The van der Waals surface area contributed by atoms with Crippen molar-refractivity contribution in [2.45, 2.75) is 40.0 Å². The summed E-state index contributed by atoms with van der Waals surface area (Å²) in [5, 5.41) is 3.44. The predicted octanol–water partition coefficient (Wildman–Crippen LogP) is 3.78. The van der Waals surface area contributed by atoms with Crippen LogP contribution in [0.4, 0.5) is 4.39 Å². The van der Waals surface area contributed by atoms with E-state index >= 15 is 0 Å². The zero-order chi connectivity index (χ0) is 12.7. The van der Waals surface area contributed by atoms with Crippen LogP contribution in [-0.4, -0.2) is 13.1 Å². The molecule has 0 bridgehead atoms. The number of hydrogen-bond donors (Lipinski definition) is 1. The van der Waals surface area contributed by atoms with Crippen LogP contribution in [0.15, 0.2) is 24.3 Å². The van der Waals surface area contributed by atoms with Crippen molar-refractivity contribution in [2.75, 3.05) is 13.1 Å². The summed E-state index contributed by atoms with van der Waals surface area (Å²) in [6.45, 7) is 8.54. The molecule has 0 aliphatic carbocycles. The molecule has 0 saturated heterocycles. The zero-order valence-electron chi connectivity index (χ0n) is 11.2. The maximum Gasteiger partial charge on any atom is 0.126 e. The standard InChI is InChI=1S/C15H24FN/c1-4-10-17-12-15(3,5-2)11-13-8-6-7-9-14(13)16/h6-9,17H,4-5,10-12H2,1-3H3. The van der Waals surface area contributed by atoms with Crippen molar-refractivity contribution in [3.05, 3.63) is 35.6 Å². The number of rotatable bonds is 7. The first-order valence-electron chi connectivity index (χ1n) is 6.55. The van der Waals surface area contributed by atoms with Crippen LogP contribution < -0.4 is 5.32 Å². The number of hydrogen-bond acceptors (Lipinski definition) is 1. The third kappa shape index (κ3) is 4.47. The van der Waals surface area contributed by atoms with Crippen molar-refractivity contribution in [1.29, 1.82) is 0 Å². The number of nitrogens with one attached hydrogen (secondary N) is 1. The topological polar surface area (TPSA) is 12.0 Å². The van der Waals surface area contributed by atoms with Crippen molar-refractivity contribution in [1.82, 2.24) is 5.32 Å². The molecule has 1 rings (SSSR count). The highest BCUT2D eigenvalue weighted by atomic mass is 19.1. The lowest BCUT2D eigenvalue weighted by Crippen LogP contribution is -2.33. The monoisotopic (exact) mass is 237 g/mol. The Morgan fingerprint density at radius 1 is 1.24 bits per heavy atom. The van der Waals surface area contributed by atoms with E-state index in [9.17, 15) is 4.39 Å². The summed E-state index contributed by atoms with van der Waals surface area (Å²) >= 11 is 0. The molecule has 1 nitrogen and oxygen atoms in total. The molecule has 1 aromatic carbocycles. The van der Waals surface area contributed by atoms with Crippen LogP contribution in [0.25, 0.3) is 0 Å². The smallest absolute Gasteiger partial charge is 0.126 e. The summed E-state index contributed by atoms with van der Waals surface area (Å²) in [6, 6.07) is 7.10. The molecule has 0 aromatic heterocycles. The minimum Gasteiger partial charge on any atom is -0.316 e. The second-order valence-electron chi connectivity index (χ2n) is 5.11. The number of benzene rings is 1. The van der Waals surface area contributed by atoms with Crippen LogP contribution in [-0.2, 0) is 6.42 Å². The molecular formula is C15H24FN. The molecule has 0 aliphatic rings. The van der Waals surface area contributed by atoms with E-state index in [1.54, 1.807) is 12.1 Å². The Kier molecular flexibility index (Phi) is 5.63. The largest absolute Gasteiger partial charge is 0.316 e. The van der Waals surface area contributed by atoms with Crippen molar-refractivity contribution < 1.29 is 4.39 Å². The summed E-state index contributed by atoms with van der Waals surface area (Å²) in [5.41, 5.74) is 0.965. The Balaban J connectivity index is 2.65. The molecule has 1 N–H and O–H groups in total. The van der Waals surface area contributed by atoms with Gasteiger partial charge >= 0.3 is 0 Å². The van der Waals surface area contributed by atoms with Crippen molar-refractivity contribution in [3.8, 4) is 0 Å². The Morgan fingerprint density at radius 2 is 1.94 bits per heavy atom. The first-order chi connectivity index (χ1) is 8.11. The van der Waals surface area contributed by atoms with E-state index in [0.717, 1.165) is 37.9 Å². The van der Waals surface area contributed by atoms with E-state index in [1.165, 1.54) is 0 Å². The molecule has 1 unspecified atom stereocenters. The highest BCUT2D eigenvalue weighted by Gasteiger charge is 2.23. The van der Waals surface area contributed by atoms with Crippen LogP contribution in [0.2, 0.25) is 0 Å². The summed E-state index contributed by atoms with van der Waals surface area (Å²) in [5.74, 6) is -0.0809. The van der Waals surface area contributed by atoms with Gasteiger partial charge < -0.3 is 5.32 Å². The molecule has 1 aromatic rings. The zero-order valence-corrected chi connectivity index (χ0v) is 11.2. The fourth-order valence-corrected chi connectivity index (χ4v) is 1.98. The molecule has 96 valence electrons. The van der Waals surface area contributed by atoms with Crippen LogP contribution in [0.5, 0.6) is 0 Å². The van der Waals surface area contributed by atoms with E-state index in [0.29, 0.717) is 0 Å². The lowest BCUT2D eigenvalue weighted by molar-refractivity contribution is 0.287. The van der Waals surface area contributed by atoms with E-state index in [1.807, 2.05) is 12.1 Å². The predicted molar refractivity (Wildman–Crippen MR) is 71.7 cm³/mol. The van der Waals surface area contributed by atoms with Gasteiger partial charge in [-0.15, -0.1) is 0 Å².